The third-order valence-electron chi connectivity index (χ3n) is 6.19. The summed E-state index contributed by atoms with van der Waals surface area (Å²) in [6.45, 7) is 6.36. The van der Waals surface area contributed by atoms with Crippen molar-refractivity contribution in [1.82, 2.24) is 25.2 Å². The maximum absolute atomic E-state index is 12.7. The molecule has 1 N–H and O–H groups in total. The van der Waals surface area contributed by atoms with E-state index in [0.717, 1.165) is 30.7 Å². The summed E-state index contributed by atoms with van der Waals surface area (Å²) < 4.78 is 8.13. The minimum atomic E-state index is -0.395. The average Bonchev–Trinajstić information content (AvgIpc) is 3.36. The minimum absolute atomic E-state index is 0.00726. The number of carbonyl (C=O) groups is 2. The molecule has 2 aromatic rings. The molecule has 1 saturated heterocycles. The maximum Gasteiger partial charge on any atom is 0.222 e. The second-order valence-corrected chi connectivity index (χ2v) is 8.89. The number of rotatable bonds is 7. The van der Waals surface area contributed by atoms with Gasteiger partial charge in [0.15, 0.2) is 0 Å². The van der Waals surface area contributed by atoms with Gasteiger partial charge in [0.1, 0.15) is 11.3 Å². The van der Waals surface area contributed by atoms with Crippen LogP contribution in [0.2, 0.25) is 0 Å². The fraction of sp³-hybridized carbons (Fsp3) is 0.565. The van der Waals surface area contributed by atoms with Gasteiger partial charge in [0.05, 0.1) is 31.9 Å². The van der Waals surface area contributed by atoms with Crippen molar-refractivity contribution >= 4 is 11.8 Å². The predicted octanol–water partition coefficient (Wildman–Crippen LogP) is 2.07. The highest BCUT2D eigenvalue weighted by atomic mass is 16.5. The highest BCUT2D eigenvalue weighted by Crippen LogP contribution is 2.33. The lowest BCUT2D eigenvalue weighted by Gasteiger charge is -2.34. The zero-order chi connectivity index (χ0) is 21.8. The number of nitrogens with zero attached hydrogens (tertiary/aromatic N) is 4. The molecule has 2 amide bonds. The molecule has 2 aliphatic rings. The Morgan fingerprint density at radius 1 is 1.23 bits per heavy atom. The molecule has 3 heterocycles. The lowest BCUT2D eigenvalue weighted by atomic mass is 10.0. The molecule has 0 aliphatic carbocycles. The SMILES string of the molecule is CC(C)C(=O)NCc1nnn2c1COC1(CCN(C(=O)CCCc3ccccc3)C1)C2. The molecule has 166 valence electrons. The lowest BCUT2D eigenvalue weighted by Crippen LogP contribution is -2.45. The van der Waals surface area contributed by atoms with Crippen LogP contribution in [0.15, 0.2) is 30.3 Å². The summed E-state index contributed by atoms with van der Waals surface area (Å²) >= 11 is 0. The van der Waals surface area contributed by atoms with Crippen molar-refractivity contribution in [2.24, 2.45) is 5.92 Å². The highest BCUT2D eigenvalue weighted by Gasteiger charge is 2.44. The monoisotopic (exact) mass is 425 g/mol. The summed E-state index contributed by atoms with van der Waals surface area (Å²) in [5.41, 5.74) is 2.52. The topological polar surface area (TPSA) is 89.3 Å². The average molecular weight is 426 g/mol. The van der Waals surface area contributed by atoms with Crippen molar-refractivity contribution in [3.8, 4) is 0 Å². The largest absolute Gasteiger partial charge is 0.365 e. The number of benzene rings is 1. The van der Waals surface area contributed by atoms with Crippen LogP contribution in [0.5, 0.6) is 0 Å². The highest BCUT2D eigenvalue weighted by molar-refractivity contribution is 5.77. The van der Waals surface area contributed by atoms with E-state index in [2.05, 4.69) is 27.8 Å². The zero-order valence-electron chi connectivity index (χ0n) is 18.3. The van der Waals surface area contributed by atoms with E-state index in [1.807, 2.05) is 41.6 Å². The first-order valence-electron chi connectivity index (χ1n) is 11.1. The number of hydrogen-bond donors (Lipinski definition) is 1. The van der Waals surface area contributed by atoms with Crippen LogP contribution < -0.4 is 5.32 Å². The van der Waals surface area contributed by atoms with Crippen molar-refractivity contribution in [2.45, 2.75) is 64.8 Å². The number of aromatic nitrogens is 3. The molecule has 1 unspecified atom stereocenters. The van der Waals surface area contributed by atoms with Crippen molar-refractivity contribution in [3.05, 3.63) is 47.3 Å². The van der Waals surface area contributed by atoms with Gasteiger partial charge in [-0.05, 0) is 24.8 Å². The van der Waals surface area contributed by atoms with Crippen LogP contribution in [0.4, 0.5) is 0 Å². The molecule has 1 atom stereocenters. The van der Waals surface area contributed by atoms with E-state index in [1.54, 1.807) is 0 Å². The Hall–Kier alpha value is -2.74. The Morgan fingerprint density at radius 3 is 2.81 bits per heavy atom. The number of aryl methyl sites for hydroxylation is 1. The summed E-state index contributed by atoms with van der Waals surface area (Å²) in [5.74, 6) is 0.116. The van der Waals surface area contributed by atoms with Gasteiger partial charge in [0.2, 0.25) is 11.8 Å². The molecule has 1 aromatic carbocycles. The van der Waals surface area contributed by atoms with Gasteiger partial charge in [-0.2, -0.15) is 0 Å². The van der Waals surface area contributed by atoms with E-state index < -0.39 is 5.60 Å². The van der Waals surface area contributed by atoms with Crippen molar-refractivity contribution < 1.29 is 14.3 Å². The van der Waals surface area contributed by atoms with Crippen molar-refractivity contribution in [3.63, 3.8) is 0 Å². The molecule has 4 rings (SSSR count). The maximum atomic E-state index is 12.7. The Labute approximate surface area is 182 Å². The Bertz CT molecular complexity index is 927. The molecule has 1 aromatic heterocycles. The van der Waals surface area contributed by atoms with Crippen LogP contribution in [0.3, 0.4) is 0 Å². The number of likely N-dealkylation sites (tertiary alicyclic amines) is 1. The van der Waals surface area contributed by atoms with Crippen molar-refractivity contribution in [1.29, 1.82) is 0 Å². The molecule has 0 bridgehead atoms. The summed E-state index contributed by atoms with van der Waals surface area (Å²) in [6.07, 6.45) is 3.13. The number of ether oxygens (including phenoxy) is 1. The first kappa shape index (κ1) is 21.5. The zero-order valence-corrected chi connectivity index (χ0v) is 18.3. The first-order valence-corrected chi connectivity index (χ1v) is 11.1. The van der Waals surface area contributed by atoms with E-state index in [-0.39, 0.29) is 17.7 Å². The number of hydrogen-bond acceptors (Lipinski definition) is 5. The van der Waals surface area contributed by atoms with E-state index in [1.165, 1.54) is 5.56 Å². The normalized spacial score (nSPS) is 20.3. The van der Waals surface area contributed by atoms with E-state index in [0.29, 0.717) is 39.2 Å². The second-order valence-electron chi connectivity index (χ2n) is 8.89. The molecular weight excluding hydrogens is 394 g/mol. The Kier molecular flexibility index (Phi) is 6.36. The summed E-state index contributed by atoms with van der Waals surface area (Å²) in [4.78, 5) is 26.5. The molecule has 8 nitrogen and oxygen atoms in total. The molecule has 0 radical (unpaired) electrons. The fourth-order valence-electron chi connectivity index (χ4n) is 4.26. The molecule has 1 fully saturated rings. The van der Waals surface area contributed by atoms with Gasteiger partial charge >= 0.3 is 0 Å². The fourth-order valence-corrected chi connectivity index (χ4v) is 4.26. The molecule has 8 heteroatoms. The van der Waals surface area contributed by atoms with Crippen molar-refractivity contribution in [2.75, 3.05) is 13.1 Å². The molecule has 2 aliphatic heterocycles. The van der Waals surface area contributed by atoms with Gasteiger partial charge in [-0.15, -0.1) is 5.10 Å². The molecule has 1 spiro atoms. The minimum Gasteiger partial charge on any atom is -0.365 e. The van der Waals surface area contributed by atoms with Gasteiger partial charge in [0, 0.05) is 18.9 Å². The van der Waals surface area contributed by atoms with E-state index in [9.17, 15) is 9.59 Å². The summed E-state index contributed by atoms with van der Waals surface area (Å²) in [7, 11) is 0. The quantitative estimate of drug-likeness (QED) is 0.734. The van der Waals surface area contributed by atoms with Gasteiger partial charge in [-0.25, -0.2) is 4.68 Å². The van der Waals surface area contributed by atoms with Crippen LogP contribution in [0, 0.1) is 5.92 Å². The lowest BCUT2D eigenvalue weighted by molar-refractivity contribution is -0.133. The predicted molar refractivity (Wildman–Crippen MR) is 115 cm³/mol. The third kappa shape index (κ3) is 4.95. The number of amides is 2. The summed E-state index contributed by atoms with van der Waals surface area (Å²) in [5, 5.41) is 11.4. The van der Waals surface area contributed by atoms with Crippen LogP contribution in [-0.4, -0.2) is 50.4 Å². The molecule has 0 saturated carbocycles. The molecular formula is C23H31N5O3. The Balaban J connectivity index is 1.29. The van der Waals surface area contributed by atoms with E-state index >= 15 is 0 Å². The van der Waals surface area contributed by atoms with Crippen LogP contribution in [0.1, 0.15) is 50.1 Å². The first-order chi connectivity index (χ1) is 15.0. The van der Waals surface area contributed by atoms with Gasteiger partial charge in [0.25, 0.3) is 0 Å². The van der Waals surface area contributed by atoms with E-state index in [4.69, 9.17) is 4.74 Å². The number of carbonyl (C=O) groups excluding carboxylic acids is 2. The third-order valence-corrected chi connectivity index (χ3v) is 6.19. The van der Waals surface area contributed by atoms with Crippen LogP contribution >= 0.6 is 0 Å². The van der Waals surface area contributed by atoms with Crippen LogP contribution in [-0.2, 0) is 40.4 Å². The van der Waals surface area contributed by atoms with Gasteiger partial charge in [-0.1, -0.05) is 49.4 Å². The Morgan fingerprint density at radius 2 is 2.03 bits per heavy atom. The van der Waals surface area contributed by atoms with Gasteiger partial charge < -0.3 is 15.0 Å². The van der Waals surface area contributed by atoms with Crippen LogP contribution in [0.25, 0.3) is 0 Å². The second kappa shape index (κ2) is 9.18. The molecule has 31 heavy (non-hydrogen) atoms. The standard InChI is InChI=1S/C23H31N5O3/c1-17(2)22(30)24-13-19-20-14-31-23(16-28(20)26-25-19)11-12-27(15-23)21(29)10-6-9-18-7-4-3-5-8-18/h3-5,7-8,17H,6,9-16H2,1-2H3,(H,24,30). The van der Waals surface area contributed by atoms with Gasteiger partial charge in [-0.3, -0.25) is 9.59 Å². The number of nitrogens with one attached hydrogen (secondary N) is 1. The number of fused-ring (bicyclic) bond motifs is 1. The summed E-state index contributed by atoms with van der Waals surface area (Å²) in [6, 6.07) is 10.3. The smallest absolute Gasteiger partial charge is 0.222 e.